The molecule has 3 amide bonds. The van der Waals surface area contributed by atoms with Crippen LogP contribution in [-0.2, 0) is 4.79 Å². The molecule has 2 unspecified atom stereocenters. The summed E-state index contributed by atoms with van der Waals surface area (Å²) in [6.45, 7) is 3.56. The molecule has 4 aromatic carbocycles. The first-order valence-electron chi connectivity index (χ1n) is 13.1. The van der Waals surface area contributed by atoms with Crippen molar-refractivity contribution in [3.8, 4) is 11.5 Å². The summed E-state index contributed by atoms with van der Waals surface area (Å²) in [5, 5.41) is 8.91. The van der Waals surface area contributed by atoms with E-state index in [1.165, 1.54) is 0 Å². The van der Waals surface area contributed by atoms with Gasteiger partial charge in [0.25, 0.3) is 0 Å². The Morgan fingerprint density at radius 1 is 0.769 bits per heavy atom. The molecule has 1 fully saturated rings. The monoisotopic (exact) mass is 520 g/mol. The van der Waals surface area contributed by atoms with Crippen molar-refractivity contribution < 1.29 is 14.3 Å². The van der Waals surface area contributed by atoms with E-state index in [1.54, 1.807) is 12.1 Å². The molecule has 0 saturated carbocycles. The van der Waals surface area contributed by atoms with Crippen molar-refractivity contribution in [2.45, 2.75) is 25.3 Å². The molecule has 0 bridgehead atoms. The van der Waals surface area contributed by atoms with Crippen LogP contribution in [0.2, 0.25) is 0 Å². The zero-order chi connectivity index (χ0) is 27.0. The largest absolute Gasteiger partial charge is 0.457 e. The molecule has 39 heavy (non-hydrogen) atoms. The summed E-state index contributed by atoms with van der Waals surface area (Å²) in [4.78, 5) is 27.5. The minimum absolute atomic E-state index is 0.0528. The molecule has 3 N–H and O–H groups in total. The van der Waals surface area contributed by atoms with Crippen LogP contribution in [0.1, 0.15) is 24.8 Å². The number of hydrogen-bond acceptors (Lipinski definition) is 4. The Morgan fingerprint density at radius 2 is 1.33 bits per heavy atom. The average molecular weight is 521 g/mol. The third-order valence-electron chi connectivity index (χ3n) is 6.81. The second kappa shape index (κ2) is 12.2. The molecule has 1 aliphatic rings. The lowest BCUT2D eigenvalue weighted by molar-refractivity contribution is -0.122. The Hall–Kier alpha value is -4.78. The van der Waals surface area contributed by atoms with Crippen molar-refractivity contribution in [3.63, 3.8) is 0 Å². The van der Waals surface area contributed by atoms with Crippen LogP contribution < -0.4 is 25.6 Å². The van der Waals surface area contributed by atoms with Gasteiger partial charge in [-0.3, -0.25) is 4.79 Å². The minimum atomic E-state index is -0.323. The van der Waals surface area contributed by atoms with Crippen LogP contribution in [0.15, 0.2) is 109 Å². The van der Waals surface area contributed by atoms with Gasteiger partial charge in [0.15, 0.2) is 0 Å². The SMILES string of the molecule is CC(C(=O)NC1CCN(c2ccc(NC(=O)Nc3ccc(Oc4ccccc4)cc3)cc2)C1)c1ccccc1. The first kappa shape index (κ1) is 25.9. The van der Waals surface area contributed by atoms with E-state index in [4.69, 9.17) is 4.74 Å². The van der Waals surface area contributed by atoms with Crippen molar-refractivity contribution in [3.05, 3.63) is 115 Å². The number of urea groups is 1. The molecule has 198 valence electrons. The smallest absolute Gasteiger partial charge is 0.323 e. The molecule has 0 aliphatic carbocycles. The van der Waals surface area contributed by atoms with Crippen molar-refractivity contribution in [1.29, 1.82) is 0 Å². The van der Waals surface area contributed by atoms with Gasteiger partial charge in [-0.1, -0.05) is 48.5 Å². The van der Waals surface area contributed by atoms with E-state index < -0.39 is 0 Å². The van der Waals surface area contributed by atoms with Crippen LogP contribution in [0.4, 0.5) is 21.9 Å². The Labute approximate surface area is 228 Å². The fourth-order valence-corrected chi connectivity index (χ4v) is 4.61. The van der Waals surface area contributed by atoms with Gasteiger partial charge in [0.1, 0.15) is 11.5 Å². The van der Waals surface area contributed by atoms with Gasteiger partial charge in [0, 0.05) is 36.2 Å². The number of ether oxygens (including phenoxy) is 1. The van der Waals surface area contributed by atoms with Crippen LogP contribution >= 0.6 is 0 Å². The molecular formula is C32H32N4O3. The minimum Gasteiger partial charge on any atom is -0.457 e. The zero-order valence-electron chi connectivity index (χ0n) is 21.8. The third kappa shape index (κ3) is 6.96. The van der Waals surface area contributed by atoms with E-state index in [1.807, 2.05) is 104 Å². The number of benzene rings is 4. The number of rotatable bonds is 8. The number of nitrogens with zero attached hydrogens (tertiary/aromatic N) is 1. The summed E-state index contributed by atoms with van der Waals surface area (Å²) in [7, 11) is 0. The molecule has 5 rings (SSSR count). The Kier molecular flexibility index (Phi) is 8.07. The molecular weight excluding hydrogens is 488 g/mol. The molecule has 7 nitrogen and oxygen atoms in total. The van der Waals surface area contributed by atoms with Crippen molar-refractivity contribution >= 4 is 29.0 Å². The summed E-state index contributed by atoms with van der Waals surface area (Å²) in [6, 6.07) is 34.1. The van der Waals surface area contributed by atoms with Gasteiger partial charge in [0.05, 0.1) is 5.92 Å². The molecule has 1 aliphatic heterocycles. The number of para-hydroxylation sites is 1. The number of carbonyl (C=O) groups is 2. The van der Waals surface area contributed by atoms with Gasteiger partial charge >= 0.3 is 6.03 Å². The van der Waals surface area contributed by atoms with Gasteiger partial charge in [0.2, 0.25) is 5.91 Å². The van der Waals surface area contributed by atoms with E-state index in [0.717, 1.165) is 36.5 Å². The van der Waals surface area contributed by atoms with Crippen molar-refractivity contribution in [2.24, 2.45) is 0 Å². The zero-order valence-corrected chi connectivity index (χ0v) is 21.8. The van der Waals surface area contributed by atoms with Crippen molar-refractivity contribution in [2.75, 3.05) is 28.6 Å². The van der Waals surface area contributed by atoms with Crippen LogP contribution in [0, 0.1) is 0 Å². The Morgan fingerprint density at radius 3 is 1.97 bits per heavy atom. The summed E-state index contributed by atoms with van der Waals surface area (Å²) in [6.07, 6.45) is 0.894. The van der Waals surface area contributed by atoms with Gasteiger partial charge in [-0.05, 0) is 79.6 Å². The summed E-state index contributed by atoms with van der Waals surface area (Å²) < 4.78 is 5.79. The maximum absolute atomic E-state index is 12.7. The summed E-state index contributed by atoms with van der Waals surface area (Å²) >= 11 is 0. The van der Waals surface area contributed by atoms with Crippen molar-refractivity contribution in [1.82, 2.24) is 5.32 Å². The highest BCUT2D eigenvalue weighted by atomic mass is 16.5. The average Bonchev–Trinajstić information content (AvgIpc) is 3.43. The van der Waals surface area contributed by atoms with Crippen LogP contribution in [0.25, 0.3) is 0 Å². The summed E-state index contributed by atoms with van der Waals surface area (Å²) in [5.74, 6) is 1.32. The topological polar surface area (TPSA) is 82.7 Å². The Bertz CT molecular complexity index is 1380. The van der Waals surface area contributed by atoms with E-state index in [2.05, 4.69) is 20.9 Å². The first-order valence-corrected chi connectivity index (χ1v) is 13.1. The van der Waals surface area contributed by atoms with Crippen LogP contribution in [-0.4, -0.2) is 31.1 Å². The van der Waals surface area contributed by atoms with Crippen LogP contribution in [0.3, 0.4) is 0 Å². The molecule has 0 radical (unpaired) electrons. The van der Waals surface area contributed by atoms with E-state index in [0.29, 0.717) is 17.1 Å². The normalized spacial score (nSPS) is 15.3. The van der Waals surface area contributed by atoms with Gasteiger partial charge in [-0.25, -0.2) is 4.79 Å². The van der Waals surface area contributed by atoms with Gasteiger partial charge < -0.3 is 25.6 Å². The van der Waals surface area contributed by atoms with E-state index in [9.17, 15) is 9.59 Å². The molecule has 2 atom stereocenters. The number of nitrogens with one attached hydrogen (secondary N) is 3. The highest BCUT2D eigenvalue weighted by molar-refractivity contribution is 5.99. The standard InChI is InChI=1S/C32H32N4O3/c1-23(24-8-4-2-5-9-24)31(37)33-27-20-21-36(22-27)28-16-12-25(13-17-28)34-32(38)35-26-14-18-30(19-15-26)39-29-10-6-3-7-11-29/h2-19,23,27H,20-22H2,1H3,(H,33,37)(H2,34,35,38). The number of anilines is 3. The van der Waals surface area contributed by atoms with Gasteiger partial charge in [-0.15, -0.1) is 0 Å². The maximum atomic E-state index is 12.7. The third-order valence-corrected chi connectivity index (χ3v) is 6.81. The maximum Gasteiger partial charge on any atom is 0.323 e. The molecule has 7 heteroatoms. The summed E-state index contributed by atoms with van der Waals surface area (Å²) in [5.41, 5.74) is 3.44. The predicted octanol–water partition coefficient (Wildman–Crippen LogP) is 6.62. The molecule has 0 spiro atoms. The molecule has 1 saturated heterocycles. The molecule has 1 heterocycles. The van der Waals surface area contributed by atoms with Gasteiger partial charge in [-0.2, -0.15) is 0 Å². The lowest BCUT2D eigenvalue weighted by Gasteiger charge is -2.20. The quantitative estimate of drug-likeness (QED) is 0.244. The highest BCUT2D eigenvalue weighted by Crippen LogP contribution is 2.25. The second-order valence-corrected chi connectivity index (χ2v) is 9.64. The Balaban J connectivity index is 1.08. The fourth-order valence-electron chi connectivity index (χ4n) is 4.61. The highest BCUT2D eigenvalue weighted by Gasteiger charge is 2.26. The van der Waals surface area contributed by atoms with E-state index >= 15 is 0 Å². The predicted molar refractivity (Wildman–Crippen MR) is 156 cm³/mol. The molecule has 0 aromatic heterocycles. The lowest BCUT2D eigenvalue weighted by Crippen LogP contribution is -2.39. The van der Waals surface area contributed by atoms with Crippen LogP contribution in [0.5, 0.6) is 11.5 Å². The number of hydrogen-bond donors (Lipinski definition) is 3. The number of amides is 3. The number of carbonyl (C=O) groups excluding carboxylic acids is 2. The molecule has 4 aromatic rings. The second-order valence-electron chi connectivity index (χ2n) is 9.64. The lowest BCUT2D eigenvalue weighted by atomic mass is 10.00. The first-order chi connectivity index (χ1) is 19.0. The van der Waals surface area contributed by atoms with E-state index in [-0.39, 0.29) is 23.9 Å². The fraction of sp³-hybridized carbons (Fsp3) is 0.188.